The van der Waals surface area contributed by atoms with Crippen LogP contribution in [0.25, 0.3) is 10.2 Å². The molecule has 1 fully saturated rings. The number of aromatic nitrogens is 3. The SMILES string of the molecule is O=C(NCc1ccc(OC(F)(F)F)cc1)[C@H]1CN(c2nc3c(=O)[nH]ncc3s2)CCN1S(=O)(=O)c1ccc(C(F)(F)F)cc1. The van der Waals surface area contributed by atoms with Gasteiger partial charge >= 0.3 is 12.5 Å². The molecule has 0 spiro atoms. The highest BCUT2D eigenvalue weighted by atomic mass is 32.2. The molecule has 19 heteroatoms. The summed E-state index contributed by atoms with van der Waals surface area (Å²) in [5, 5.41) is 8.84. The maximum atomic E-state index is 13.6. The number of amides is 1. The molecule has 4 aromatic rings. The van der Waals surface area contributed by atoms with Crippen molar-refractivity contribution >= 4 is 42.6 Å². The number of halogens is 6. The van der Waals surface area contributed by atoms with Crippen molar-refractivity contribution in [1.82, 2.24) is 24.8 Å². The molecule has 2 N–H and O–H groups in total. The van der Waals surface area contributed by atoms with Crippen molar-refractivity contribution in [3.63, 3.8) is 0 Å². The summed E-state index contributed by atoms with van der Waals surface area (Å²) < 4.78 is 109. The number of H-pyrrole nitrogens is 1. The molecule has 1 aliphatic rings. The van der Waals surface area contributed by atoms with Crippen LogP contribution in [0, 0.1) is 0 Å². The minimum Gasteiger partial charge on any atom is -0.406 e. The van der Waals surface area contributed by atoms with E-state index in [0.29, 0.717) is 27.5 Å². The number of nitrogens with one attached hydrogen (secondary N) is 2. The van der Waals surface area contributed by atoms with E-state index in [1.165, 1.54) is 18.3 Å². The summed E-state index contributed by atoms with van der Waals surface area (Å²) in [7, 11) is -4.49. The van der Waals surface area contributed by atoms with Crippen LogP contribution in [-0.4, -0.2) is 65.9 Å². The standard InChI is InChI=1S/C25H20F6N6O5S2/c26-24(27,28)15-3-7-17(8-4-15)44(40,41)37-10-9-36(23-34-20-19(43-23)12-33-35-22(20)39)13-18(37)21(38)32-11-14-1-5-16(6-2-14)42-25(29,30)31/h1-8,12,18H,9-11,13H2,(H,32,38)(H,35,39)/t18-/m1/s1. The van der Waals surface area contributed by atoms with E-state index in [0.717, 1.165) is 39.9 Å². The van der Waals surface area contributed by atoms with Crippen LogP contribution >= 0.6 is 11.3 Å². The fourth-order valence-electron chi connectivity index (χ4n) is 4.42. The van der Waals surface area contributed by atoms with Crippen molar-refractivity contribution in [2.24, 2.45) is 0 Å². The minimum atomic E-state index is -4.89. The van der Waals surface area contributed by atoms with E-state index in [2.05, 4.69) is 25.2 Å². The number of sulfonamides is 1. The second-order valence-electron chi connectivity index (χ2n) is 9.42. The van der Waals surface area contributed by atoms with Crippen molar-refractivity contribution in [1.29, 1.82) is 0 Å². The van der Waals surface area contributed by atoms with Gasteiger partial charge in [0.1, 0.15) is 11.8 Å². The Hall–Kier alpha value is -4.23. The van der Waals surface area contributed by atoms with Crippen molar-refractivity contribution in [3.8, 4) is 5.75 Å². The normalized spacial score (nSPS) is 16.7. The lowest BCUT2D eigenvalue weighted by Crippen LogP contribution is -2.60. The molecule has 0 aliphatic carbocycles. The fourth-order valence-corrected chi connectivity index (χ4v) is 6.96. The third-order valence-electron chi connectivity index (χ3n) is 6.52. The predicted molar refractivity (Wildman–Crippen MR) is 144 cm³/mol. The first-order valence-electron chi connectivity index (χ1n) is 12.5. The average molecular weight is 663 g/mol. The van der Waals surface area contributed by atoms with E-state index >= 15 is 0 Å². The highest BCUT2D eigenvalue weighted by Gasteiger charge is 2.41. The summed E-state index contributed by atoms with van der Waals surface area (Å²) in [4.78, 5) is 31.0. The lowest BCUT2D eigenvalue weighted by atomic mass is 10.1. The maximum Gasteiger partial charge on any atom is 0.573 e. The van der Waals surface area contributed by atoms with Gasteiger partial charge in [-0.2, -0.15) is 22.6 Å². The van der Waals surface area contributed by atoms with Crippen molar-refractivity contribution in [2.75, 3.05) is 24.5 Å². The summed E-state index contributed by atoms with van der Waals surface area (Å²) >= 11 is 1.09. The second kappa shape index (κ2) is 11.7. The number of rotatable bonds is 7. The van der Waals surface area contributed by atoms with E-state index in [-0.39, 0.29) is 31.7 Å². The Labute approximate surface area is 248 Å². The number of ether oxygens (including phenoxy) is 1. The molecule has 0 bridgehead atoms. The molecule has 0 saturated carbocycles. The number of benzene rings is 2. The predicted octanol–water partition coefficient (Wildman–Crippen LogP) is 3.49. The molecule has 234 valence electrons. The van der Waals surface area contributed by atoms with Gasteiger partial charge in [0.15, 0.2) is 10.6 Å². The molecule has 11 nitrogen and oxygen atoms in total. The van der Waals surface area contributed by atoms with Crippen LogP contribution in [0.2, 0.25) is 0 Å². The molecule has 0 radical (unpaired) electrons. The number of carbonyl (C=O) groups is 1. The number of carbonyl (C=O) groups excluding carboxylic acids is 1. The quantitative estimate of drug-likeness (QED) is 0.287. The van der Waals surface area contributed by atoms with Gasteiger partial charge in [-0.3, -0.25) is 9.59 Å². The van der Waals surface area contributed by atoms with Gasteiger partial charge in [-0.25, -0.2) is 18.5 Å². The smallest absolute Gasteiger partial charge is 0.406 e. The van der Waals surface area contributed by atoms with Crippen LogP contribution in [0.3, 0.4) is 0 Å². The first-order valence-corrected chi connectivity index (χ1v) is 14.8. The van der Waals surface area contributed by atoms with Crippen LogP contribution in [0.1, 0.15) is 11.1 Å². The average Bonchev–Trinajstić information content (AvgIpc) is 3.41. The molecule has 3 heterocycles. The van der Waals surface area contributed by atoms with Crippen LogP contribution in [0.15, 0.2) is 64.4 Å². The zero-order chi connectivity index (χ0) is 31.9. The Morgan fingerprint density at radius 2 is 1.73 bits per heavy atom. The van der Waals surface area contributed by atoms with Gasteiger partial charge in [0, 0.05) is 26.2 Å². The van der Waals surface area contributed by atoms with E-state index in [4.69, 9.17) is 0 Å². The summed E-state index contributed by atoms with van der Waals surface area (Å²) in [6, 6.07) is 6.08. The maximum absolute atomic E-state index is 13.6. The number of piperazine rings is 1. The molecule has 1 amide bonds. The van der Waals surface area contributed by atoms with Crippen LogP contribution < -0.4 is 20.5 Å². The summed E-state index contributed by atoms with van der Waals surface area (Å²) in [5.41, 5.74) is -1.13. The van der Waals surface area contributed by atoms with Crippen LogP contribution in [-0.2, 0) is 27.5 Å². The van der Waals surface area contributed by atoms with E-state index in [1.807, 2.05) is 0 Å². The Balaban J connectivity index is 1.40. The Kier molecular flexibility index (Phi) is 8.29. The van der Waals surface area contributed by atoms with Crippen molar-refractivity contribution in [2.45, 2.75) is 30.0 Å². The number of alkyl halides is 6. The van der Waals surface area contributed by atoms with Gasteiger partial charge in [-0.05, 0) is 42.0 Å². The zero-order valence-corrected chi connectivity index (χ0v) is 23.6. The monoisotopic (exact) mass is 662 g/mol. The summed E-state index contributed by atoms with van der Waals surface area (Å²) in [6.07, 6.45) is -8.20. The van der Waals surface area contributed by atoms with E-state index in [1.54, 1.807) is 4.90 Å². The number of hydrogen-bond acceptors (Lipinski definition) is 9. The van der Waals surface area contributed by atoms with Crippen molar-refractivity contribution in [3.05, 3.63) is 76.2 Å². The molecule has 0 unspecified atom stereocenters. The number of aromatic amines is 1. The highest BCUT2D eigenvalue weighted by Crippen LogP contribution is 2.32. The Bertz CT molecular complexity index is 1830. The minimum absolute atomic E-state index is 0.0233. The number of anilines is 1. The number of hydrogen-bond donors (Lipinski definition) is 2. The van der Waals surface area contributed by atoms with Gasteiger partial charge in [-0.1, -0.05) is 23.5 Å². The summed E-state index contributed by atoms with van der Waals surface area (Å²) in [5.74, 6) is -1.27. The van der Waals surface area contributed by atoms with Crippen LogP contribution in [0.4, 0.5) is 31.5 Å². The molecule has 2 aromatic heterocycles. The molecule has 1 aliphatic heterocycles. The lowest BCUT2D eigenvalue weighted by Gasteiger charge is -2.39. The van der Waals surface area contributed by atoms with Crippen molar-refractivity contribution < 1.29 is 44.3 Å². The fraction of sp³-hybridized carbons (Fsp3) is 0.280. The Morgan fingerprint density at radius 3 is 2.34 bits per heavy atom. The molecular weight excluding hydrogens is 642 g/mol. The molecular formula is C25H20F6N6O5S2. The van der Waals surface area contributed by atoms with Gasteiger partial charge in [0.2, 0.25) is 15.9 Å². The highest BCUT2D eigenvalue weighted by molar-refractivity contribution is 7.89. The molecule has 1 saturated heterocycles. The van der Waals surface area contributed by atoms with E-state index in [9.17, 15) is 44.3 Å². The Morgan fingerprint density at radius 1 is 1.05 bits per heavy atom. The van der Waals surface area contributed by atoms with E-state index < -0.39 is 56.3 Å². The largest absolute Gasteiger partial charge is 0.573 e. The topological polar surface area (TPSA) is 138 Å². The molecule has 1 atom stereocenters. The van der Waals surface area contributed by atoms with Gasteiger partial charge < -0.3 is 15.0 Å². The van der Waals surface area contributed by atoms with Gasteiger partial charge in [0.05, 0.1) is 21.4 Å². The number of thiazole rings is 1. The summed E-state index contributed by atoms with van der Waals surface area (Å²) in [6.45, 7) is -0.682. The third-order valence-corrected chi connectivity index (χ3v) is 9.49. The molecule has 5 rings (SSSR count). The lowest BCUT2D eigenvalue weighted by molar-refractivity contribution is -0.274. The number of fused-ring (bicyclic) bond motifs is 1. The van der Waals surface area contributed by atoms with Crippen LogP contribution in [0.5, 0.6) is 5.75 Å². The molecule has 2 aromatic carbocycles. The second-order valence-corrected chi connectivity index (χ2v) is 12.3. The first-order chi connectivity index (χ1) is 20.6. The number of nitrogens with zero attached hydrogens (tertiary/aromatic N) is 4. The molecule has 44 heavy (non-hydrogen) atoms. The van der Waals surface area contributed by atoms with Gasteiger partial charge in [0.25, 0.3) is 5.56 Å². The zero-order valence-electron chi connectivity index (χ0n) is 22.0. The van der Waals surface area contributed by atoms with Gasteiger partial charge in [-0.15, -0.1) is 13.2 Å². The first kappa shape index (κ1) is 31.2. The third kappa shape index (κ3) is 6.78.